The molecule has 118 valence electrons. The average Bonchev–Trinajstić information content (AvgIpc) is 2.35. The van der Waals surface area contributed by atoms with E-state index in [1.165, 1.54) is 0 Å². The molecule has 2 aromatic rings. The molecule has 0 aromatic heterocycles. The molecule has 0 fully saturated rings. The van der Waals surface area contributed by atoms with Crippen LogP contribution in [0.3, 0.4) is 0 Å². The van der Waals surface area contributed by atoms with Gasteiger partial charge < -0.3 is 9.47 Å². The Balaban J connectivity index is 2.55. The van der Waals surface area contributed by atoms with Crippen LogP contribution in [-0.4, -0.2) is 17.5 Å². The number of hydrogen-bond acceptors (Lipinski definition) is 3. The van der Waals surface area contributed by atoms with E-state index in [4.69, 9.17) is 9.47 Å². The Hall–Kier alpha value is -2.03. The van der Waals surface area contributed by atoms with Crippen LogP contribution < -0.4 is 9.47 Å². The Bertz CT molecular complexity index is 688. The fourth-order valence-electron chi connectivity index (χ4n) is 2.23. The van der Waals surface area contributed by atoms with Crippen molar-refractivity contribution >= 4 is 17.1 Å². The number of hydrogen-bond donors (Lipinski definition) is 0. The molecule has 0 heterocycles. The normalized spacial score (nSPS) is 12.3. The van der Waals surface area contributed by atoms with Crippen molar-refractivity contribution in [3.8, 4) is 11.5 Å². The molecule has 3 nitrogen and oxygen atoms in total. The lowest BCUT2D eigenvalue weighted by atomic mass is 10.0. The second-order valence-corrected chi connectivity index (χ2v) is 7.41. The number of carbonyl (C=O) groups is 1. The number of ether oxygens (including phenoxy) is 2. The zero-order chi connectivity index (χ0) is 16.5. The molecular weight excluding hydrogens is 276 g/mol. The van der Waals surface area contributed by atoms with Crippen LogP contribution in [0.4, 0.5) is 0 Å². The Morgan fingerprint density at radius 1 is 0.864 bits per heavy atom. The van der Waals surface area contributed by atoms with Crippen LogP contribution in [0.5, 0.6) is 11.5 Å². The van der Waals surface area contributed by atoms with Gasteiger partial charge in [0.05, 0.1) is 5.56 Å². The lowest BCUT2D eigenvalue weighted by Crippen LogP contribution is -2.24. The number of rotatable bonds is 3. The van der Waals surface area contributed by atoms with Gasteiger partial charge in [-0.2, -0.15) is 0 Å². The zero-order valence-electron chi connectivity index (χ0n) is 14.2. The van der Waals surface area contributed by atoms with Crippen LogP contribution in [0.25, 0.3) is 10.8 Å². The van der Waals surface area contributed by atoms with Crippen molar-refractivity contribution in [1.82, 2.24) is 0 Å². The smallest absolute Gasteiger partial charge is 0.153 e. The summed E-state index contributed by atoms with van der Waals surface area (Å²) in [6.07, 6.45) is 0.833. The van der Waals surface area contributed by atoms with Crippen molar-refractivity contribution in [2.45, 2.75) is 52.7 Å². The molecule has 0 spiro atoms. The molecule has 0 amide bonds. The van der Waals surface area contributed by atoms with Gasteiger partial charge in [-0.3, -0.25) is 4.79 Å². The zero-order valence-corrected chi connectivity index (χ0v) is 14.2. The van der Waals surface area contributed by atoms with E-state index in [9.17, 15) is 4.79 Å². The molecule has 0 atom stereocenters. The topological polar surface area (TPSA) is 35.5 Å². The molecular formula is C19H24O3. The van der Waals surface area contributed by atoms with Gasteiger partial charge in [0.1, 0.15) is 22.7 Å². The predicted octanol–water partition coefficient (Wildman–Crippen LogP) is 5.01. The van der Waals surface area contributed by atoms with Crippen molar-refractivity contribution < 1.29 is 14.3 Å². The molecule has 0 aliphatic heterocycles. The quantitative estimate of drug-likeness (QED) is 0.748. The van der Waals surface area contributed by atoms with E-state index >= 15 is 0 Å². The van der Waals surface area contributed by atoms with Crippen LogP contribution >= 0.6 is 0 Å². The average molecular weight is 300 g/mol. The number of benzene rings is 2. The highest BCUT2D eigenvalue weighted by Crippen LogP contribution is 2.34. The van der Waals surface area contributed by atoms with Gasteiger partial charge in [-0.25, -0.2) is 0 Å². The van der Waals surface area contributed by atoms with E-state index in [-0.39, 0.29) is 11.2 Å². The Kier molecular flexibility index (Phi) is 4.19. The summed E-state index contributed by atoms with van der Waals surface area (Å²) < 4.78 is 11.9. The summed E-state index contributed by atoms with van der Waals surface area (Å²) in [5.74, 6) is 1.43. The largest absolute Gasteiger partial charge is 0.488 e. The van der Waals surface area contributed by atoms with Gasteiger partial charge in [-0.15, -0.1) is 0 Å². The van der Waals surface area contributed by atoms with E-state index in [2.05, 4.69) is 0 Å². The molecule has 0 saturated heterocycles. The summed E-state index contributed by atoms with van der Waals surface area (Å²) in [6, 6.07) is 9.55. The second-order valence-electron chi connectivity index (χ2n) is 7.41. The maximum Gasteiger partial charge on any atom is 0.153 e. The fraction of sp³-hybridized carbons (Fsp3) is 0.421. The van der Waals surface area contributed by atoms with Gasteiger partial charge in [-0.05, 0) is 71.2 Å². The minimum absolute atomic E-state index is 0.249. The Morgan fingerprint density at radius 2 is 1.50 bits per heavy atom. The third kappa shape index (κ3) is 4.00. The van der Waals surface area contributed by atoms with E-state index < -0.39 is 0 Å². The van der Waals surface area contributed by atoms with Crippen LogP contribution in [0.2, 0.25) is 0 Å². The summed E-state index contributed by atoms with van der Waals surface area (Å²) >= 11 is 0. The molecule has 0 N–H and O–H groups in total. The molecule has 0 unspecified atom stereocenters. The highest BCUT2D eigenvalue weighted by molar-refractivity contribution is 5.96. The summed E-state index contributed by atoms with van der Waals surface area (Å²) in [5, 5.41) is 1.91. The third-order valence-electron chi connectivity index (χ3n) is 2.93. The van der Waals surface area contributed by atoms with E-state index in [0.717, 1.165) is 22.8 Å². The molecule has 0 aliphatic rings. The first-order chi connectivity index (χ1) is 10.1. The van der Waals surface area contributed by atoms with Crippen molar-refractivity contribution in [2.24, 2.45) is 0 Å². The lowest BCUT2D eigenvalue weighted by Gasteiger charge is -2.24. The van der Waals surface area contributed by atoms with Crippen molar-refractivity contribution in [3.63, 3.8) is 0 Å². The summed E-state index contributed by atoms with van der Waals surface area (Å²) in [7, 11) is 0. The minimum atomic E-state index is -0.368. The summed E-state index contributed by atoms with van der Waals surface area (Å²) in [4.78, 5) is 11.3. The predicted molar refractivity (Wildman–Crippen MR) is 90.1 cm³/mol. The molecule has 2 aromatic carbocycles. The molecule has 2 rings (SSSR count). The monoisotopic (exact) mass is 300 g/mol. The van der Waals surface area contributed by atoms with E-state index in [1.54, 1.807) is 6.07 Å². The van der Waals surface area contributed by atoms with Crippen LogP contribution in [-0.2, 0) is 0 Å². The SMILES string of the molecule is CC(C)(C)Oc1ccc2c(OC(C)(C)C)c(C=O)ccc2c1. The number of carbonyl (C=O) groups excluding carboxylic acids is 1. The first kappa shape index (κ1) is 16.3. The molecule has 0 aliphatic carbocycles. The van der Waals surface area contributed by atoms with Gasteiger partial charge in [0.2, 0.25) is 0 Å². The van der Waals surface area contributed by atoms with Gasteiger partial charge in [0, 0.05) is 5.39 Å². The van der Waals surface area contributed by atoms with Gasteiger partial charge >= 0.3 is 0 Å². The molecule has 3 heteroatoms. The molecule has 0 bridgehead atoms. The van der Waals surface area contributed by atoms with Crippen LogP contribution in [0.1, 0.15) is 51.9 Å². The highest BCUT2D eigenvalue weighted by Gasteiger charge is 2.18. The Labute approximate surface area is 132 Å². The summed E-state index contributed by atoms with van der Waals surface area (Å²) in [6.45, 7) is 12.0. The fourth-order valence-corrected chi connectivity index (χ4v) is 2.23. The summed E-state index contributed by atoms with van der Waals surface area (Å²) in [5.41, 5.74) is -0.0553. The highest BCUT2D eigenvalue weighted by atomic mass is 16.5. The standard InChI is InChI=1S/C19H24O3/c1-18(2,3)21-15-9-10-16-13(11-15)7-8-14(12-20)17(16)22-19(4,5)6/h7-12H,1-6H3. The Morgan fingerprint density at radius 3 is 2.05 bits per heavy atom. The first-order valence-corrected chi connectivity index (χ1v) is 7.49. The number of fused-ring (bicyclic) bond motifs is 1. The van der Waals surface area contributed by atoms with Crippen molar-refractivity contribution in [2.75, 3.05) is 0 Å². The first-order valence-electron chi connectivity index (χ1n) is 7.49. The lowest BCUT2D eigenvalue weighted by molar-refractivity contribution is 0.109. The van der Waals surface area contributed by atoms with Gasteiger partial charge in [0.25, 0.3) is 0 Å². The van der Waals surface area contributed by atoms with Crippen molar-refractivity contribution in [1.29, 1.82) is 0 Å². The maximum absolute atomic E-state index is 11.3. The minimum Gasteiger partial charge on any atom is -0.488 e. The van der Waals surface area contributed by atoms with Crippen LogP contribution in [0, 0.1) is 0 Å². The van der Waals surface area contributed by atoms with E-state index in [0.29, 0.717) is 11.3 Å². The third-order valence-corrected chi connectivity index (χ3v) is 2.93. The van der Waals surface area contributed by atoms with Gasteiger partial charge in [0.15, 0.2) is 6.29 Å². The van der Waals surface area contributed by atoms with Crippen molar-refractivity contribution in [3.05, 3.63) is 35.9 Å². The second kappa shape index (κ2) is 5.64. The molecule has 22 heavy (non-hydrogen) atoms. The van der Waals surface area contributed by atoms with Gasteiger partial charge in [-0.1, -0.05) is 6.07 Å². The maximum atomic E-state index is 11.3. The van der Waals surface area contributed by atoms with E-state index in [1.807, 2.05) is 65.8 Å². The van der Waals surface area contributed by atoms with Crippen LogP contribution in [0.15, 0.2) is 30.3 Å². The molecule has 0 saturated carbocycles. The number of aldehydes is 1. The molecule has 0 radical (unpaired) electrons.